The van der Waals surface area contributed by atoms with E-state index in [0.717, 1.165) is 11.1 Å². The highest BCUT2D eigenvalue weighted by atomic mass is 79.9. The van der Waals surface area contributed by atoms with Crippen molar-refractivity contribution in [2.24, 2.45) is 0 Å². The van der Waals surface area contributed by atoms with Gasteiger partial charge in [-0.3, -0.25) is 9.78 Å². The van der Waals surface area contributed by atoms with Crippen molar-refractivity contribution < 1.29 is 14.6 Å². The van der Waals surface area contributed by atoms with Gasteiger partial charge in [0.05, 0.1) is 9.50 Å². The Kier molecular flexibility index (Phi) is 5.59. The smallest absolute Gasteiger partial charge is 0.303 e. The second kappa shape index (κ2) is 7.43. The summed E-state index contributed by atoms with van der Waals surface area (Å²) in [6.07, 6.45) is 3.92. The molecule has 110 valence electrons. The summed E-state index contributed by atoms with van der Waals surface area (Å²) in [4.78, 5) is 14.6. The van der Waals surface area contributed by atoms with Crippen molar-refractivity contribution in [3.05, 3.63) is 57.3 Å². The third-order valence-corrected chi connectivity index (χ3v) is 3.66. The number of aromatic nitrogens is 1. The molecule has 2 rings (SSSR count). The van der Waals surface area contributed by atoms with Crippen LogP contribution < -0.4 is 4.74 Å². The molecule has 0 saturated carbocycles. The van der Waals surface area contributed by atoms with E-state index in [-0.39, 0.29) is 6.42 Å². The number of carboxylic acid groups (broad SMARTS) is 1. The first-order valence-corrected chi connectivity index (χ1v) is 7.45. The normalized spacial score (nSPS) is 10.4. The highest BCUT2D eigenvalue weighted by Gasteiger charge is 2.10. The van der Waals surface area contributed by atoms with Crippen LogP contribution in [0.1, 0.15) is 17.5 Å². The SMILES string of the molecule is O=C(O)CCc1cc(Cl)c(OCc2cccnc2)c(Br)c1. The van der Waals surface area contributed by atoms with Crippen LogP contribution in [0.3, 0.4) is 0 Å². The highest BCUT2D eigenvalue weighted by molar-refractivity contribution is 9.10. The summed E-state index contributed by atoms with van der Waals surface area (Å²) in [5.74, 6) is -0.293. The number of halogens is 2. The number of ether oxygens (including phenoxy) is 1. The molecule has 0 fully saturated rings. The standard InChI is InChI=1S/C15H13BrClNO3/c16-12-6-10(3-4-14(19)20)7-13(17)15(12)21-9-11-2-1-5-18-8-11/h1-2,5-8H,3-4,9H2,(H,19,20). The van der Waals surface area contributed by atoms with Crippen molar-refractivity contribution in [2.45, 2.75) is 19.4 Å². The van der Waals surface area contributed by atoms with Gasteiger partial charge in [-0.15, -0.1) is 0 Å². The molecule has 0 atom stereocenters. The molecule has 2 aromatic rings. The maximum absolute atomic E-state index is 10.6. The summed E-state index contributed by atoms with van der Waals surface area (Å²) in [5, 5.41) is 9.16. The number of carboxylic acids is 1. The topological polar surface area (TPSA) is 59.4 Å². The molecular formula is C15H13BrClNO3. The molecule has 0 bridgehead atoms. The first kappa shape index (κ1) is 15.8. The number of aliphatic carboxylic acids is 1. The minimum absolute atomic E-state index is 0.0681. The Labute approximate surface area is 135 Å². The number of hydrogen-bond donors (Lipinski definition) is 1. The van der Waals surface area contributed by atoms with Crippen molar-refractivity contribution in [3.8, 4) is 5.75 Å². The number of benzene rings is 1. The number of aryl methyl sites for hydroxylation is 1. The molecule has 0 amide bonds. The van der Waals surface area contributed by atoms with Gasteiger partial charge in [0.2, 0.25) is 0 Å². The Hall–Kier alpha value is -1.59. The predicted molar refractivity (Wildman–Crippen MR) is 83.7 cm³/mol. The zero-order valence-electron chi connectivity index (χ0n) is 11.1. The summed E-state index contributed by atoms with van der Waals surface area (Å²) in [7, 11) is 0. The van der Waals surface area contributed by atoms with Crippen LogP contribution in [0.4, 0.5) is 0 Å². The van der Waals surface area contributed by atoms with Crippen LogP contribution >= 0.6 is 27.5 Å². The van der Waals surface area contributed by atoms with E-state index in [1.807, 2.05) is 18.2 Å². The lowest BCUT2D eigenvalue weighted by Crippen LogP contribution is -2.00. The average Bonchev–Trinajstić information content (AvgIpc) is 2.45. The van der Waals surface area contributed by atoms with Crippen molar-refractivity contribution >= 4 is 33.5 Å². The maximum Gasteiger partial charge on any atom is 0.303 e. The zero-order valence-corrected chi connectivity index (χ0v) is 13.4. The highest BCUT2D eigenvalue weighted by Crippen LogP contribution is 2.35. The van der Waals surface area contributed by atoms with Crippen LogP contribution in [0, 0.1) is 0 Å². The fourth-order valence-corrected chi connectivity index (χ4v) is 2.82. The molecule has 1 heterocycles. The number of nitrogens with zero attached hydrogens (tertiary/aromatic N) is 1. The summed E-state index contributed by atoms with van der Waals surface area (Å²) in [6.45, 7) is 0.362. The molecule has 1 aromatic heterocycles. The van der Waals surface area contributed by atoms with Crippen LogP contribution in [-0.4, -0.2) is 16.1 Å². The third kappa shape index (κ3) is 4.72. The quantitative estimate of drug-likeness (QED) is 0.832. The van der Waals surface area contributed by atoms with Gasteiger partial charge >= 0.3 is 5.97 Å². The Balaban J connectivity index is 2.08. The van der Waals surface area contributed by atoms with Crippen molar-refractivity contribution in [1.82, 2.24) is 4.98 Å². The van der Waals surface area contributed by atoms with E-state index in [1.165, 1.54) is 0 Å². The summed E-state index contributed by atoms with van der Waals surface area (Å²) >= 11 is 9.60. The molecule has 0 radical (unpaired) electrons. The molecule has 0 aliphatic heterocycles. The summed E-state index contributed by atoms with van der Waals surface area (Å²) < 4.78 is 6.41. The molecular weight excluding hydrogens is 358 g/mol. The Morgan fingerprint density at radius 3 is 2.81 bits per heavy atom. The molecule has 0 aliphatic carbocycles. The number of rotatable bonds is 6. The van der Waals surface area contributed by atoms with E-state index < -0.39 is 5.97 Å². The van der Waals surface area contributed by atoms with Crippen molar-refractivity contribution in [2.75, 3.05) is 0 Å². The van der Waals surface area contributed by atoms with Gasteiger partial charge in [-0.25, -0.2) is 0 Å². The van der Waals surface area contributed by atoms with Gasteiger partial charge in [0.1, 0.15) is 6.61 Å². The molecule has 0 aliphatic rings. The predicted octanol–water partition coefficient (Wildman–Crippen LogP) is 4.09. The van der Waals surface area contributed by atoms with Crippen LogP contribution in [0.25, 0.3) is 0 Å². The lowest BCUT2D eigenvalue weighted by molar-refractivity contribution is -0.136. The van der Waals surface area contributed by atoms with Gasteiger partial charge in [0.15, 0.2) is 5.75 Å². The van der Waals surface area contributed by atoms with Gasteiger partial charge < -0.3 is 9.84 Å². The lowest BCUT2D eigenvalue weighted by atomic mass is 10.1. The zero-order chi connectivity index (χ0) is 15.2. The van der Waals surface area contributed by atoms with E-state index >= 15 is 0 Å². The Morgan fingerprint density at radius 1 is 1.38 bits per heavy atom. The minimum Gasteiger partial charge on any atom is -0.486 e. The molecule has 4 nitrogen and oxygen atoms in total. The molecule has 0 spiro atoms. The Bertz CT molecular complexity index is 611. The molecule has 0 unspecified atom stereocenters. The lowest BCUT2D eigenvalue weighted by Gasteiger charge is -2.12. The van der Waals surface area contributed by atoms with Crippen molar-refractivity contribution in [3.63, 3.8) is 0 Å². The van der Waals surface area contributed by atoms with E-state index in [4.69, 9.17) is 21.4 Å². The van der Waals surface area contributed by atoms with Crippen molar-refractivity contribution in [1.29, 1.82) is 0 Å². The average molecular weight is 371 g/mol. The Morgan fingerprint density at radius 2 is 2.19 bits per heavy atom. The fraction of sp³-hybridized carbons (Fsp3) is 0.200. The van der Waals surface area contributed by atoms with Gasteiger partial charge in [0.25, 0.3) is 0 Å². The van der Waals surface area contributed by atoms with Crippen LogP contribution in [0.15, 0.2) is 41.1 Å². The number of hydrogen-bond acceptors (Lipinski definition) is 3. The van der Waals surface area contributed by atoms with Gasteiger partial charge in [-0.1, -0.05) is 17.7 Å². The van der Waals surface area contributed by atoms with Crippen LogP contribution in [0.2, 0.25) is 5.02 Å². The van der Waals surface area contributed by atoms with Gasteiger partial charge in [0, 0.05) is 24.4 Å². The van der Waals surface area contributed by atoms with Crippen LogP contribution in [0.5, 0.6) is 5.75 Å². The second-order valence-electron chi connectivity index (χ2n) is 4.43. The monoisotopic (exact) mass is 369 g/mol. The second-order valence-corrected chi connectivity index (χ2v) is 5.69. The molecule has 1 aromatic carbocycles. The minimum atomic E-state index is -0.834. The van der Waals surface area contributed by atoms with Crippen LogP contribution in [-0.2, 0) is 17.8 Å². The molecule has 0 saturated heterocycles. The summed E-state index contributed by atoms with van der Waals surface area (Å²) in [5.41, 5.74) is 1.79. The van der Waals surface area contributed by atoms with Gasteiger partial charge in [-0.2, -0.15) is 0 Å². The number of carbonyl (C=O) groups is 1. The van der Waals surface area contributed by atoms with Gasteiger partial charge in [-0.05, 0) is 46.1 Å². The molecule has 1 N–H and O–H groups in total. The maximum atomic E-state index is 10.6. The van der Waals surface area contributed by atoms with E-state index in [2.05, 4.69) is 20.9 Å². The summed E-state index contributed by atoms with van der Waals surface area (Å²) in [6, 6.07) is 7.31. The van der Waals surface area contributed by atoms with E-state index in [0.29, 0.717) is 28.3 Å². The first-order chi connectivity index (χ1) is 10.1. The fourth-order valence-electron chi connectivity index (χ4n) is 1.78. The number of pyridine rings is 1. The first-order valence-electron chi connectivity index (χ1n) is 6.27. The van der Waals surface area contributed by atoms with E-state index in [1.54, 1.807) is 18.5 Å². The van der Waals surface area contributed by atoms with E-state index in [9.17, 15) is 4.79 Å². The largest absolute Gasteiger partial charge is 0.486 e. The molecule has 6 heteroatoms. The third-order valence-electron chi connectivity index (χ3n) is 2.79. The molecule has 21 heavy (non-hydrogen) atoms.